The molecule has 1 saturated heterocycles. The summed E-state index contributed by atoms with van der Waals surface area (Å²) in [6.07, 6.45) is -4.01. The summed E-state index contributed by atoms with van der Waals surface area (Å²) in [6, 6.07) is 7.94. The van der Waals surface area contributed by atoms with Crippen LogP contribution in [0.25, 0.3) is 0 Å². The van der Waals surface area contributed by atoms with Crippen molar-refractivity contribution in [1.29, 1.82) is 0 Å². The number of nitrogens with zero attached hydrogens (tertiary/aromatic N) is 2. The van der Waals surface area contributed by atoms with Gasteiger partial charge in [-0.1, -0.05) is 6.07 Å². The highest BCUT2D eigenvalue weighted by Crippen LogP contribution is 2.26. The van der Waals surface area contributed by atoms with Crippen molar-refractivity contribution in [3.63, 3.8) is 0 Å². The van der Waals surface area contributed by atoms with Gasteiger partial charge in [-0.25, -0.2) is 0 Å². The van der Waals surface area contributed by atoms with Gasteiger partial charge in [-0.2, -0.15) is 13.2 Å². The number of guanidine groups is 1. The number of rotatable bonds is 6. The first kappa shape index (κ1) is 22.7. The number of halogens is 4. The first-order valence-electron chi connectivity index (χ1n) is 8.31. The van der Waals surface area contributed by atoms with Crippen LogP contribution >= 0.6 is 24.0 Å². The molecule has 5 nitrogen and oxygen atoms in total. The molecule has 1 fully saturated rings. The van der Waals surface area contributed by atoms with E-state index in [1.54, 1.807) is 14.2 Å². The van der Waals surface area contributed by atoms with Crippen molar-refractivity contribution < 1.29 is 17.9 Å². The third-order valence-corrected chi connectivity index (χ3v) is 4.19. The van der Waals surface area contributed by atoms with Gasteiger partial charge in [0.1, 0.15) is 5.75 Å². The summed E-state index contributed by atoms with van der Waals surface area (Å²) in [7, 11) is 3.20. The molecule has 0 saturated carbocycles. The van der Waals surface area contributed by atoms with Gasteiger partial charge in [-0.3, -0.25) is 4.99 Å². The number of hydrogen-bond donors (Lipinski definition) is 2. The Bertz CT molecular complexity index is 583. The first-order valence-corrected chi connectivity index (χ1v) is 8.31. The number of benzene rings is 1. The van der Waals surface area contributed by atoms with Gasteiger partial charge in [0.15, 0.2) is 5.96 Å². The molecule has 0 aromatic heterocycles. The molecule has 1 unspecified atom stereocenters. The van der Waals surface area contributed by atoms with E-state index >= 15 is 0 Å². The number of hydrogen-bond acceptors (Lipinski definition) is 3. The molecule has 148 valence electrons. The number of aliphatic imine (C=N–C) groups is 1. The fraction of sp³-hybridized carbons (Fsp3) is 0.588. The third kappa shape index (κ3) is 7.46. The third-order valence-electron chi connectivity index (χ3n) is 4.19. The van der Waals surface area contributed by atoms with E-state index in [0.29, 0.717) is 18.4 Å². The Hall–Kier alpha value is -1.39. The Balaban J connectivity index is 0.00000338. The predicted molar refractivity (Wildman–Crippen MR) is 109 cm³/mol. The Morgan fingerprint density at radius 3 is 2.77 bits per heavy atom. The van der Waals surface area contributed by atoms with Crippen LogP contribution in [0.2, 0.25) is 0 Å². The average molecular weight is 486 g/mol. The van der Waals surface area contributed by atoms with Gasteiger partial charge in [-0.05, 0) is 24.5 Å². The summed E-state index contributed by atoms with van der Waals surface area (Å²) in [6.45, 7) is 2.33. The maximum Gasteiger partial charge on any atom is 0.390 e. The second-order valence-corrected chi connectivity index (χ2v) is 6.05. The number of alkyl halides is 3. The molecule has 1 aromatic rings. The van der Waals surface area contributed by atoms with Crippen molar-refractivity contribution in [2.45, 2.75) is 19.0 Å². The minimum absolute atomic E-state index is 0. The summed E-state index contributed by atoms with van der Waals surface area (Å²) < 4.78 is 41.8. The highest BCUT2D eigenvalue weighted by molar-refractivity contribution is 14.0. The van der Waals surface area contributed by atoms with Gasteiger partial charge in [0.25, 0.3) is 0 Å². The normalized spacial score (nSPS) is 17.7. The molecule has 1 heterocycles. The molecule has 1 aliphatic rings. The second-order valence-electron chi connectivity index (χ2n) is 6.05. The summed E-state index contributed by atoms with van der Waals surface area (Å²) in [5, 5.41) is 5.81. The molecule has 0 radical (unpaired) electrons. The molecule has 2 N–H and O–H groups in total. The van der Waals surface area contributed by atoms with Gasteiger partial charge in [0.2, 0.25) is 0 Å². The molecule has 2 rings (SSSR count). The summed E-state index contributed by atoms with van der Waals surface area (Å²) in [5.74, 6) is 1.64. The van der Waals surface area contributed by atoms with E-state index in [0.717, 1.165) is 30.9 Å². The van der Waals surface area contributed by atoms with Crippen LogP contribution in [-0.2, 0) is 0 Å². The monoisotopic (exact) mass is 486 g/mol. The Morgan fingerprint density at radius 1 is 1.35 bits per heavy atom. The lowest BCUT2D eigenvalue weighted by Gasteiger charge is -2.20. The van der Waals surface area contributed by atoms with Gasteiger partial charge in [0, 0.05) is 45.0 Å². The van der Waals surface area contributed by atoms with Gasteiger partial charge in [0.05, 0.1) is 13.5 Å². The van der Waals surface area contributed by atoms with Crippen LogP contribution < -0.4 is 20.3 Å². The zero-order valence-electron chi connectivity index (χ0n) is 15.0. The van der Waals surface area contributed by atoms with Crippen molar-refractivity contribution in [3.05, 3.63) is 24.3 Å². The molecule has 0 spiro atoms. The highest BCUT2D eigenvalue weighted by Gasteiger charge is 2.26. The molecule has 26 heavy (non-hydrogen) atoms. The van der Waals surface area contributed by atoms with E-state index in [9.17, 15) is 13.2 Å². The van der Waals surface area contributed by atoms with E-state index in [1.165, 1.54) is 0 Å². The number of anilines is 1. The minimum Gasteiger partial charge on any atom is -0.497 e. The van der Waals surface area contributed by atoms with Crippen molar-refractivity contribution >= 4 is 35.6 Å². The number of nitrogens with one attached hydrogen (secondary N) is 2. The van der Waals surface area contributed by atoms with Crippen LogP contribution in [0, 0.1) is 5.92 Å². The van der Waals surface area contributed by atoms with Crippen LogP contribution in [0.3, 0.4) is 0 Å². The number of ether oxygens (including phenoxy) is 1. The Labute approximate surface area is 169 Å². The van der Waals surface area contributed by atoms with Crippen LogP contribution in [0.15, 0.2) is 29.3 Å². The van der Waals surface area contributed by atoms with Gasteiger partial charge in [-0.15, -0.1) is 24.0 Å². The van der Waals surface area contributed by atoms with E-state index in [2.05, 4.69) is 26.6 Å². The quantitative estimate of drug-likeness (QED) is 0.369. The molecular formula is C17H26F3IN4O. The van der Waals surface area contributed by atoms with Crippen LogP contribution in [-0.4, -0.2) is 52.5 Å². The van der Waals surface area contributed by atoms with Crippen molar-refractivity contribution in [1.82, 2.24) is 10.6 Å². The van der Waals surface area contributed by atoms with Crippen molar-refractivity contribution in [2.75, 3.05) is 45.2 Å². The fourth-order valence-electron chi connectivity index (χ4n) is 2.83. The number of methoxy groups -OCH3 is 1. The second kappa shape index (κ2) is 10.7. The Kier molecular flexibility index (Phi) is 9.31. The molecule has 1 aromatic carbocycles. The first-order chi connectivity index (χ1) is 11.9. The largest absolute Gasteiger partial charge is 0.497 e. The molecule has 0 amide bonds. The lowest BCUT2D eigenvalue weighted by atomic mass is 10.1. The predicted octanol–water partition coefficient (Wildman–Crippen LogP) is 3.26. The minimum atomic E-state index is -4.16. The summed E-state index contributed by atoms with van der Waals surface area (Å²) in [5.41, 5.74) is 1.12. The average Bonchev–Trinajstić information content (AvgIpc) is 3.06. The molecular weight excluding hydrogens is 460 g/mol. The lowest BCUT2D eigenvalue weighted by Crippen LogP contribution is -2.41. The summed E-state index contributed by atoms with van der Waals surface area (Å²) in [4.78, 5) is 6.25. The van der Waals surface area contributed by atoms with E-state index in [1.807, 2.05) is 18.2 Å². The van der Waals surface area contributed by atoms with E-state index in [-0.39, 0.29) is 30.5 Å². The van der Waals surface area contributed by atoms with Crippen LogP contribution in [0.5, 0.6) is 5.75 Å². The SMILES string of the molecule is CN=C(NCCC(F)(F)F)NCC1CCN(c2cccc(OC)c2)C1.I. The zero-order valence-corrected chi connectivity index (χ0v) is 17.3. The van der Waals surface area contributed by atoms with Crippen LogP contribution in [0.1, 0.15) is 12.8 Å². The van der Waals surface area contributed by atoms with E-state index in [4.69, 9.17) is 4.74 Å². The maximum atomic E-state index is 12.2. The molecule has 1 aliphatic heterocycles. The fourth-order valence-corrected chi connectivity index (χ4v) is 2.83. The highest BCUT2D eigenvalue weighted by atomic mass is 127. The smallest absolute Gasteiger partial charge is 0.390 e. The van der Waals surface area contributed by atoms with Gasteiger partial charge < -0.3 is 20.3 Å². The zero-order chi connectivity index (χ0) is 18.3. The van der Waals surface area contributed by atoms with Crippen molar-refractivity contribution in [2.24, 2.45) is 10.9 Å². The Morgan fingerprint density at radius 2 is 2.12 bits per heavy atom. The standard InChI is InChI=1S/C17H25F3N4O.HI/c1-21-16(22-8-7-17(18,19)20)23-11-13-6-9-24(12-13)14-4-3-5-15(10-14)25-2;/h3-5,10,13H,6-9,11-12H2,1-2H3,(H2,21,22,23);1H. The molecule has 1 atom stereocenters. The van der Waals surface area contributed by atoms with Gasteiger partial charge >= 0.3 is 6.18 Å². The summed E-state index contributed by atoms with van der Waals surface area (Å²) >= 11 is 0. The van der Waals surface area contributed by atoms with Crippen LogP contribution in [0.4, 0.5) is 18.9 Å². The maximum absolute atomic E-state index is 12.2. The molecule has 0 bridgehead atoms. The van der Waals surface area contributed by atoms with Crippen molar-refractivity contribution in [3.8, 4) is 5.75 Å². The van der Waals surface area contributed by atoms with E-state index < -0.39 is 12.6 Å². The molecule has 9 heteroatoms. The lowest BCUT2D eigenvalue weighted by molar-refractivity contribution is -0.132. The topological polar surface area (TPSA) is 48.9 Å². The molecule has 0 aliphatic carbocycles.